The quantitative estimate of drug-likeness (QED) is 0.233. The highest BCUT2D eigenvalue weighted by molar-refractivity contribution is 8.68. The number of rotatable bonds is 6. The third kappa shape index (κ3) is 6.19. The first-order chi connectivity index (χ1) is 5.85. The lowest BCUT2D eigenvalue weighted by Gasteiger charge is -2.02. The Morgan fingerprint density at radius 2 is 2.17 bits per heavy atom. The smallest absolute Gasteiger partial charge is 0.211 e. The molecule has 0 bridgehead atoms. The van der Waals surface area contributed by atoms with Gasteiger partial charge < -0.3 is 0 Å². The van der Waals surface area contributed by atoms with Gasteiger partial charge in [0.05, 0.1) is 6.54 Å². The first kappa shape index (κ1) is 11.5. The zero-order valence-corrected chi connectivity index (χ0v) is 7.98. The Bertz CT molecular complexity index is 210. The van der Waals surface area contributed by atoms with Crippen molar-refractivity contribution < 1.29 is 9.59 Å². The maximum Gasteiger partial charge on any atom is 0.236 e. The molecule has 0 fully saturated rings. The van der Waals surface area contributed by atoms with Gasteiger partial charge in [0.25, 0.3) is 0 Å². The monoisotopic (exact) mass is 204 g/mol. The van der Waals surface area contributed by atoms with Crippen molar-refractivity contribution in [2.75, 3.05) is 6.54 Å². The normalized spacial score (nSPS) is 11.1. The molecule has 0 rings (SSSR count). The average molecular weight is 204 g/mol. The number of carbonyl (C=O) groups excluding carboxylic acids is 2. The summed E-state index contributed by atoms with van der Waals surface area (Å²) in [6.07, 6.45) is 4.24. The van der Waals surface area contributed by atoms with E-state index in [9.17, 15) is 9.59 Å². The second-order valence-corrected chi connectivity index (χ2v) is 3.28. The molecule has 0 aliphatic carbocycles. The van der Waals surface area contributed by atoms with Crippen LogP contribution in [-0.4, -0.2) is 24.1 Å². The van der Waals surface area contributed by atoms with Crippen LogP contribution in [0.1, 0.15) is 12.8 Å². The minimum Gasteiger partial charge on any atom is -0.211 e. The number of nitrogens with zero attached hydrogens (tertiary/aromatic N) is 2. The van der Waals surface area contributed by atoms with Gasteiger partial charge in [0.2, 0.25) is 12.2 Å². The van der Waals surface area contributed by atoms with Gasteiger partial charge in [-0.25, -0.2) is 14.6 Å². The second-order valence-electron chi connectivity index (χ2n) is 1.90. The molecule has 0 aliphatic heterocycles. The summed E-state index contributed by atoms with van der Waals surface area (Å²) in [6, 6.07) is 0. The molecule has 0 radical (unpaired) electrons. The van der Waals surface area contributed by atoms with Crippen LogP contribution in [0.4, 0.5) is 0 Å². The number of thiol groups is 1. The van der Waals surface area contributed by atoms with Crippen molar-refractivity contribution in [2.45, 2.75) is 18.2 Å². The zero-order chi connectivity index (χ0) is 9.23. The fourth-order valence-corrected chi connectivity index (χ4v) is 1.41. The summed E-state index contributed by atoms with van der Waals surface area (Å²) in [5.74, 6) is 0. The molecule has 0 spiro atoms. The SMILES string of the molecule is O=C=NCCCC(N=C=O)SS. The van der Waals surface area contributed by atoms with Gasteiger partial charge in [0.15, 0.2) is 0 Å². The van der Waals surface area contributed by atoms with E-state index >= 15 is 0 Å². The Labute approximate surface area is 79.4 Å². The Morgan fingerprint density at radius 1 is 1.42 bits per heavy atom. The van der Waals surface area contributed by atoms with E-state index in [1.54, 1.807) is 0 Å². The molecule has 1 unspecified atom stereocenters. The number of aliphatic imine (C=N–C) groups is 2. The number of isocyanates is 2. The molecule has 0 N–H and O–H groups in total. The molecule has 0 heterocycles. The Hall–Kier alpha value is -0.540. The van der Waals surface area contributed by atoms with Gasteiger partial charge in [-0.15, -0.1) is 11.7 Å². The molecule has 0 saturated heterocycles. The average Bonchev–Trinajstić information content (AvgIpc) is 2.10. The lowest BCUT2D eigenvalue weighted by atomic mass is 10.3. The molecular formula is C6H8N2O2S2. The van der Waals surface area contributed by atoms with E-state index in [1.165, 1.54) is 23.0 Å². The minimum atomic E-state index is -0.187. The molecule has 0 saturated carbocycles. The third-order valence-electron chi connectivity index (χ3n) is 1.10. The lowest BCUT2D eigenvalue weighted by Crippen LogP contribution is -1.96. The van der Waals surface area contributed by atoms with E-state index in [1.807, 2.05) is 0 Å². The van der Waals surface area contributed by atoms with Crippen molar-refractivity contribution in [1.82, 2.24) is 0 Å². The fraction of sp³-hybridized carbons (Fsp3) is 0.667. The summed E-state index contributed by atoms with van der Waals surface area (Å²) in [5, 5.41) is -0.187. The summed E-state index contributed by atoms with van der Waals surface area (Å²) in [4.78, 5) is 26.3. The van der Waals surface area contributed by atoms with Gasteiger partial charge in [-0.3, -0.25) is 0 Å². The number of hydrogen-bond acceptors (Lipinski definition) is 6. The minimum absolute atomic E-state index is 0.187. The molecule has 1 atom stereocenters. The van der Waals surface area contributed by atoms with Crippen LogP contribution in [0.15, 0.2) is 9.98 Å². The van der Waals surface area contributed by atoms with Crippen molar-refractivity contribution in [3.05, 3.63) is 0 Å². The van der Waals surface area contributed by atoms with Crippen LogP contribution in [0.3, 0.4) is 0 Å². The highest BCUT2D eigenvalue weighted by Crippen LogP contribution is 2.20. The Morgan fingerprint density at radius 3 is 2.67 bits per heavy atom. The fourth-order valence-electron chi connectivity index (χ4n) is 0.590. The van der Waals surface area contributed by atoms with Gasteiger partial charge in [-0.2, -0.15) is 4.99 Å². The summed E-state index contributed by atoms with van der Waals surface area (Å²) in [5.41, 5.74) is 0. The molecule has 0 aromatic heterocycles. The Balaban J connectivity index is 3.57. The van der Waals surface area contributed by atoms with E-state index in [0.717, 1.165) is 0 Å². The topological polar surface area (TPSA) is 58.9 Å². The highest BCUT2D eigenvalue weighted by atomic mass is 33.1. The first-order valence-corrected chi connectivity index (χ1v) is 5.19. The molecule has 12 heavy (non-hydrogen) atoms. The summed E-state index contributed by atoms with van der Waals surface area (Å²) < 4.78 is 0. The van der Waals surface area contributed by atoms with Crippen molar-refractivity contribution in [3.63, 3.8) is 0 Å². The molecule has 66 valence electrons. The van der Waals surface area contributed by atoms with Crippen molar-refractivity contribution in [2.24, 2.45) is 9.98 Å². The summed E-state index contributed by atoms with van der Waals surface area (Å²) in [6.45, 7) is 0.419. The first-order valence-electron chi connectivity index (χ1n) is 3.26. The van der Waals surface area contributed by atoms with E-state index < -0.39 is 0 Å². The summed E-state index contributed by atoms with van der Waals surface area (Å²) in [7, 11) is 1.18. The van der Waals surface area contributed by atoms with E-state index in [4.69, 9.17) is 0 Å². The van der Waals surface area contributed by atoms with E-state index in [0.29, 0.717) is 19.4 Å². The van der Waals surface area contributed by atoms with Gasteiger partial charge in [-0.05, 0) is 12.8 Å². The maximum atomic E-state index is 9.84. The zero-order valence-electron chi connectivity index (χ0n) is 6.27. The molecular weight excluding hydrogens is 196 g/mol. The second kappa shape index (κ2) is 8.56. The predicted molar refractivity (Wildman–Crippen MR) is 50.7 cm³/mol. The van der Waals surface area contributed by atoms with Crippen molar-refractivity contribution in [1.29, 1.82) is 0 Å². The van der Waals surface area contributed by atoms with E-state index in [-0.39, 0.29) is 5.37 Å². The summed E-state index contributed by atoms with van der Waals surface area (Å²) >= 11 is 3.91. The van der Waals surface area contributed by atoms with E-state index in [2.05, 4.69) is 21.6 Å². The van der Waals surface area contributed by atoms with Crippen LogP contribution in [-0.2, 0) is 9.59 Å². The lowest BCUT2D eigenvalue weighted by molar-refractivity contribution is 0.558. The molecule has 6 heteroatoms. The predicted octanol–water partition coefficient (Wildman–Crippen LogP) is 1.34. The molecule has 0 aliphatic rings. The van der Waals surface area contributed by atoms with Gasteiger partial charge >= 0.3 is 0 Å². The maximum absolute atomic E-state index is 9.84. The molecule has 0 amide bonds. The van der Waals surface area contributed by atoms with Gasteiger partial charge in [-0.1, -0.05) is 10.8 Å². The van der Waals surface area contributed by atoms with Crippen LogP contribution in [0.2, 0.25) is 0 Å². The molecule has 4 nitrogen and oxygen atoms in total. The van der Waals surface area contributed by atoms with Crippen molar-refractivity contribution in [3.8, 4) is 0 Å². The van der Waals surface area contributed by atoms with Crippen LogP contribution >= 0.6 is 22.5 Å². The van der Waals surface area contributed by atoms with Crippen LogP contribution in [0.25, 0.3) is 0 Å². The largest absolute Gasteiger partial charge is 0.236 e. The third-order valence-corrected chi connectivity index (χ3v) is 2.42. The highest BCUT2D eigenvalue weighted by Gasteiger charge is 2.03. The Kier molecular flexibility index (Phi) is 8.17. The number of hydrogen-bond donors (Lipinski definition) is 1. The van der Waals surface area contributed by atoms with Crippen molar-refractivity contribution >= 4 is 34.6 Å². The van der Waals surface area contributed by atoms with Crippen LogP contribution < -0.4 is 0 Å². The van der Waals surface area contributed by atoms with Crippen LogP contribution in [0, 0.1) is 0 Å². The van der Waals surface area contributed by atoms with Gasteiger partial charge in [0.1, 0.15) is 5.37 Å². The molecule has 0 aromatic rings. The standard InChI is InChI=1S/C6H8N2O2S2/c9-4-7-3-1-2-6(12-11)8-5-10/h6,11H,1-3H2. The molecule has 0 aromatic carbocycles. The van der Waals surface area contributed by atoms with Gasteiger partial charge in [0, 0.05) is 0 Å². The van der Waals surface area contributed by atoms with Crippen LogP contribution in [0.5, 0.6) is 0 Å².